The van der Waals surface area contributed by atoms with Gasteiger partial charge in [0.15, 0.2) is 0 Å². The number of hydrogen-bond donors (Lipinski definition) is 1. The fourth-order valence-electron chi connectivity index (χ4n) is 5.89. The molecule has 1 aliphatic heterocycles. The van der Waals surface area contributed by atoms with Gasteiger partial charge in [0.25, 0.3) is 0 Å². The van der Waals surface area contributed by atoms with Crippen molar-refractivity contribution >= 4 is 28.9 Å². The Morgan fingerprint density at radius 3 is 2.53 bits per heavy atom. The standard InChI is InChI=1S/C27H38N4OS2/c1-19-25(28-18-23(29-19)33-21-10-6-7-11-21)31-15-13-27(14-16-31)17-20-9-5-8-12-22(20)24(27)30-34(32)26(2,3)4/h5,8-9,12,18,21,24,30H,6-7,10-11,13-17H2,1-4H3/t24-,34-/m1/s1. The number of piperidine rings is 1. The molecule has 2 aromatic rings. The predicted molar refractivity (Wildman–Crippen MR) is 143 cm³/mol. The highest BCUT2D eigenvalue weighted by molar-refractivity contribution is 7.99. The van der Waals surface area contributed by atoms with Crippen LogP contribution in [0.4, 0.5) is 5.82 Å². The monoisotopic (exact) mass is 498 g/mol. The second kappa shape index (κ2) is 9.64. The summed E-state index contributed by atoms with van der Waals surface area (Å²) >= 11 is 0.804. The molecule has 0 bridgehead atoms. The van der Waals surface area contributed by atoms with Gasteiger partial charge in [0.1, 0.15) is 15.6 Å². The van der Waals surface area contributed by atoms with Crippen LogP contribution in [0.15, 0.2) is 35.5 Å². The maximum Gasteiger partial charge on any atom is 0.150 e. The number of nitrogens with zero attached hydrogens (tertiary/aromatic N) is 3. The van der Waals surface area contributed by atoms with E-state index in [9.17, 15) is 4.55 Å². The summed E-state index contributed by atoms with van der Waals surface area (Å²) in [6, 6.07) is 8.86. The van der Waals surface area contributed by atoms with E-state index in [1.54, 1.807) is 0 Å². The first kappa shape index (κ1) is 24.4. The molecule has 1 N–H and O–H groups in total. The second-order valence-corrected chi connectivity index (χ2v) is 14.6. The zero-order valence-electron chi connectivity index (χ0n) is 21.0. The van der Waals surface area contributed by atoms with E-state index in [4.69, 9.17) is 9.97 Å². The van der Waals surface area contributed by atoms with Crippen LogP contribution in [0, 0.1) is 12.3 Å². The van der Waals surface area contributed by atoms with Crippen LogP contribution < -0.4 is 9.62 Å². The minimum atomic E-state index is -1.10. The fourth-order valence-corrected chi connectivity index (χ4v) is 8.05. The summed E-state index contributed by atoms with van der Waals surface area (Å²) < 4.78 is 16.4. The quantitative estimate of drug-likeness (QED) is 0.529. The van der Waals surface area contributed by atoms with Crippen molar-refractivity contribution in [2.75, 3.05) is 18.0 Å². The molecular formula is C27H38N4OS2. The minimum Gasteiger partial charge on any atom is -0.598 e. The molecule has 5 rings (SSSR count). The highest BCUT2D eigenvalue weighted by atomic mass is 32.2. The lowest BCUT2D eigenvalue weighted by molar-refractivity contribution is 0.176. The summed E-state index contributed by atoms with van der Waals surface area (Å²) in [6.45, 7) is 10.2. The van der Waals surface area contributed by atoms with E-state index in [1.165, 1.54) is 36.8 Å². The smallest absolute Gasteiger partial charge is 0.150 e. The van der Waals surface area contributed by atoms with E-state index in [2.05, 4.69) is 40.8 Å². The molecule has 1 aromatic heterocycles. The van der Waals surface area contributed by atoms with Crippen molar-refractivity contribution in [3.05, 3.63) is 47.3 Å². The van der Waals surface area contributed by atoms with Gasteiger partial charge in [0.05, 0.1) is 17.9 Å². The number of rotatable bonds is 5. The van der Waals surface area contributed by atoms with E-state index in [0.29, 0.717) is 5.25 Å². The molecule has 5 nitrogen and oxygen atoms in total. The summed E-state index contributed by atoms with van der Waals surface area (Å²) in [7, 11) is 0. The highest BCUT2D eigenvalue weighted by Crippen LogP contribution is 2.53. The van der Waals surface area contributed by atoms with E-state index >= 15 is 0 Å². The first-order valence-electron chi connectivity index (χ1n) is 12.8. The third-order valence-corrected chi connectivity index (χ3v) is 10.7. The van der Waals surface area contributed by atoms with Gasteiger partial charge in [-0.2, -0.15) is 0 Å². The number of benzene rings is 1. The lowest BCUT2D eigenvalue weighted by Gasteiger charge is -2.44. The Hall–Kier alpha value is -1.28. The molecular weight excluding hydrogens is 460 g/mol. The largest absolute Gasteiger partial charge is 0.598 e. The zero-order chi connectivity index (χ0) is 23.9. The summed E-state index contributed by atoms with van der Waals surface area (Å²) in [5.41, 5.74) is 3.87. The zero-order valence-corrected chi connectivity index (χ0v) is 22.6. The Morgan fingerprint density at radius 2 is 1.85 bits per heavy atom. The average Bonchev–Trinajstić information content (AvgIpc) is 3.41. The highest BCUT2D eigenvalue weighted by Gasteiger charge is 2.50. The molecule has 34 heavy (non-hydrogen) atoms. The first-order chi connectivity index (χ1) is 16.2. The lowest BCUT2D eigenvalue weighted by atomic mass is 9.73. The summed E-state index contributed by atoms with van der Waals surface area (Å²) in [4.78, 5) is 12.2. The molecule has 3 aliphatic rings. The molecule has 7 heteroatoms. The molecule has 2 atom stereocenters. The Labute approximate surface area is 212 Å². The molecule has 1 spiro atoms. The Balaban J connectivity index is 1.31. The molecule has 2 fully saturated rings. The van der Waals surface area contributed by atoms with Crippen molar-refractivity contribution in [3.63, 3.8) is 0 Å². The van der Waals surface area contributed by atoms with E-state index in [1.807, 2.05) is 38.7 Å². The number of aryl methyl sites for hydroxylation is 1. The first-order valence-corrected chi connectivity index (χ1v) is 14.8. The van der Waals surface area contributed by atoms with Gasteiger partial charge in [0.2, 0.25) is 0 Å². The Kier molecular flexibility index (Phi) is 6.92. The van der Waals surface area contributed by atoms with E-state index < -0.39 is 11.4 Å². The molecule has 1 saturated heterocycles. The predicted octanol–water partition coefficient (Wildman–Crippen LogP) is 5.76. The fraction of sp³-hybridized carbons (Fsp3) is 0.630. The van der Waals surface area contributed by atoms with Gasteiger partial charge in [-0.3, -0.25) is 0 Å². The summed E-state index contributed by atoms with van der Waals surface area (Å²) in [5, 5.41) is 1.78. The topological polar surface area (TPSA) is 64.1 Å². The van der Waals surface area contributed by atoms with Crippen LogP contribution in [-0.4, -0.2) is 37.6 Å². The SMILES string of the molecule is Cc1nc(SC2CCCC2)cnc1N1CCC2(CC1)Cc1ccccc1[C@H]2N[S@+]([O-])C(C)(C)C. The van der Waals surface area contributed by atoms with Crippen LogP contribution >= 0.6 is 11.8 Å². The van der Waals surface area contributed by atoms with Crippen molar-refractivity contribution in [3.8, 4) is 0 Å². The summed E-state index contributed by atoms with van der Waals surface area (Å²) in [5.74, 6) is 1.03. The van der Waals surface area contributed by atoms with Crippen molar-refractivity contribution in [1.82, 2.24) is 14.7 Å². The second-order valence-electron chi connectivity index (χ2n) is 11.3. The average molecular weight is 499 g/mol. The molecule has 2 heterocycles. The maximum absolute atomic E-state index is 13.1. The third kappa shape index (κ3) is 4.86. The third-order valence-electron chi connectivity index (χ3n) is 7.85. The summed E-state index contributed by atoms with van der Waals surface area (Å²) in [6.07, 6.45) is 10.5. The van der Waals surface area contributed by atoms with Gasteiger partial charge >= 0.3 is 0 Å². The molecule has 0 radical (unpaired) electrons. The Bertz CT molecular complexity index is 1010. The maximum atomic E-state index is 13.1. The molecule has 1 aromatic carbocycles. The van der Waals surface area contributed by atoms with E-state index in [-0.39, 0.29) is 16.2 Å². The Morgan fingerprint density at radius 1 is 1.15 bits per heavy atom. The molecule has 184 valence electrons. The van der Waals surface area contributed by atoms with Crippen LogP contribution in [0.1, 0.15) is 82.2 Å². The number of aromatic nitrogens is 2. The molecule has 0 unspecified atom stereocenters. The van der Waals surface area contributed by atoms with Crippen molar-refractivity contribution in [2.45, 2.75) is 93.7 Å². The normalized spacial score (nSPS) is 23.4. The van der Waals surface area contributed by atoms with Crippen molar-refractivity contribution in [1.29, 1.82) is 0 Å². The van der Waals surface area contributed by atoms with Crippen LogP contribution in [-0.2, 0) is 17.8 Å². The van der Waals surface area contributed by atoms with Gasteiger partial charge in [0, 0.05) is 35.1 Å². The molecule has 0 amide bonds. The minimum absolute atomic E-state index is 0.0979. The van der Waals surface area contributed by atoms with Gasteiger partial charge < -0.3 is 9.45 Å². The van der Waals surface area contributed by atoms with Gasteiger partial charge in [-0.15, -0.1) is 16.5 Å². The number of nitrogens with one attached hydrogen (secondary N) is 1. The van der Waals surface area contributed by atoms with Crippen LogP contribution in [0.3, 0.4) is 0 Å². The lowest BCUT2D eigenvalue weighted by Crippen LogP contribution is -2.50. The van der Waals surface area contributed by atoms with E-state index in [0.717, 1.165) is 48.9 Å². The van der Waals surface area contributed by atoms with Crippen LogP contribution in [0.5, 0.6) is 0 Å². The van der Waals surface area contributed by atoms with Gasteiger partial charge in [-0.1, -0.05) is 37.1 Å². The van der Waals surface area contributed by atoms with Gasteiger partial charge in [-0.25, -0.2) is 9.97 Å². The number of thioether (sulfide) groups is 1. The van der Waals surface area contributed by atoms with Crippen molar-refractivity contribution < 1.29 is 4.55 Å². The molecule has 1 saturated carbocycles. The van der Waals surface area contributed by atoms with Crippen molar-refractivity contribution in [2.24, 2.45) is 5.41 Å². The van der Waals surface area contributed by atoms with Crippen LogP contribution in [0.2, 0.25) is 0 Å². The van der Waals surface area contributed by atoms with Crippen LogP contribution in [0.25, 0.3) is 0 Å². The molecule has 2 aliphatic carbocycles. The number of anilines is 1. The number of fused-ring (bicyclic) bond motifs is 1. The van der Waals surface area contributed by atoms with Gasteiger partial charge in [-0.05, 0) is 70.9 Å². The number of hydrogen-bond acceptors (Lipinski definition) is 6.